The molecule has 0 spiro atoms. The molecule has 2 aromatic rings. The smallest absolute Gasteiger partial charge is 0.0364 e. The average molecular weight is 260 g/mol. The Kier molecular flexibility index (Phi) is 5.24. The van der Waals surface area contributed by atoms with Crippen molar-refractivity contribution < 1.29 is 0 Å². The molecule has 96 valence electrons. The van der Waals surface area contributed by atoms with Gasteiger partial charge in [0.25, 0.3) is 0 Å². The highest BCUT2D eigenvalue weighted by Crippen LogP contribution is 2.10. The van der Waals surface area contributed by atoms with Gasteiger partial charge in [0, 0.05) is 37.2 Å². The summed E-state index contributed by atoms with van der Waals surface area (Å²) in [6, 6.07) is 14.8. The second-order valence-electron chi connectivity index (χ2n) is 4.34. The van der Waals surface area contributed by atoms with Gasteiger partial charge in [-0.1, -0.05) is 24.3 Å². The van der Waals surface area contributed by atoms with Crippen LogP contribution in [-0.2, 0) is 6.42 Å². The van der Waals surface area contributed by atoms with E-state index in [1.807, 2.05) is 11.3 Å². The zero-order valence-corrected chi connectivity index (χ0v) is 11.6. The molecule has 2 rings (SSSR count). The summed E-state index contributed by atoms with van der Waals surface area (Å²) in [6.45, 7) is 3.12. The first-order chi connectivity index (χ1) is 8.86. The van der Waals surface area contributed by atoms with Crippen LogP contribution in [0.5, 0.6) is 0 Å². The van der Waals surface area contributed by atoms with Gasteiger partial charge in [0.05, 0.1) is 0 Å². The molecule has 18 heavy (non-hydrogen) atoms. The lowest BCUT2D eigenvalue weighted by Gasteiger charge is -2.19. The summed E-state index contributed by atoms with van der Waals surface area (Å²) in [5.41, 5.74) is 1.28. The molecule has 0 amide bonds. The zero-order valence-electron chi connectivity index (χ0n) is 10.8. The predicted molar refractivity (Wildman–Crippen MR) is 80.6 cm³/mol. The minimum absolute atomic E-state index is 1.02. The first-order valence-corrected chi connectivity index (χ1v) is 7.23. The van der Waals surface area contributed by atoms with Crippen molar-refractivity contribution in [3.8, 4) is 0 Å². The van der Waals surface area contributed by atoms with Crippen LogP contribution in [0.15, 0.2) is 47.8 Å². The van der Waals surface area contributed by atoms with Crippen molar-refractivity contribution >= 4 is 17.0 Å². The minimum Gasteiger partial charge on any atom is -0.373 e. The molecule has 1 N–H and O–H groups in total. The predicted octanol–water partition coefficient (Wildman–Crippen LogP) is 3.02. The molecule has 0 radical (unpaired) electrons. The first-order valence-electron chi connectivity index (χ1n) is 6.35. The van der Waals surface area contributed by atoms with E-state index in [4.69, 9.17) is 0 Å². The van der Waals surface area contributed by atoms with E-state index in [2.05, 4.69) is 65.1 Å². The van der Waals surface area contributed by atoms with Crippen LogP contribution in [0.4, 0.5) is 5.69 Å². The van der Waals surface area contributed by atoms with Gasteiger partial charge in [-0.2, -0.15) is 0 Å². The molecule has 0 aliphatic rings. The molecular weight excluding hydrogens is 240 g/mol. The van der Waals surface area contributed by atoms with E-state index in [-0.39, 0.29) is 0 Å². The number of hydrogen-bond donors (Lipinski definition) is 1. The summed E-state index contributed by atoms with van der Waals surface area (Å²) in [4.78, 5) is 3.73. The Morgan fingerprint density at radius 3 is 2.61 bits per heavy atom. The van der Waals surface area contributed by atoms with Crippen molar-refractivity contribution in [2.45, 2.75) is 6.42 Å². The molecule has 0 aliphatic carbocycles. The van der Waals surface area contributed by atoms with Gasteiger partial charge in [0.2, 0.25) is 0 Å². The van der Waals surface area contributed by atoms with E-state index in [1.165, 1.54) is 10.6 Å². The number of benzene rings is 1. The summed E-state index contributed by atoms with van der Waals surface area (Å²) >= 11 is 1.83. The number of anilines is 1. The lowest BCUT2D eigenvalue weighted by molar-refractivity contribution is 0.678. The van der Waals surface area contributed by atoms with Gasteiger partial charge in [-0.15, -0.1) is 11.3 Å². The summed E-state index contributed by atoms with van der Waals surface area (Å²) in [5.74, 6) is 0. The standard InChI is InChI=1S/C15H20N2S/c1-17(14-6-3-2-4-7-14)12-11-16-10-9-15-8-5-13-18-15/h2-8,13,16H,9-12H2,1H3. The molecular formula is C15H20N2S. The maximum Gasteiger partial charge on any atom is 0.0364 e. The third-order valence-electron chi connectivity index (χ3n) is 2.95. The third kappa shape index (κ3) is 4.17. The number of nitrogens with one attached hydrogen (secondary N) is 1. The van der Waals surface area contributed by atoms with E-state index < -0.39 is 0 Å². The van der Waals surface area contributed by atoms with Crippen molar-refractivity contribution in [1.82, 2.24) is 5.32 Å². The molecule has 0 saturated heterocycles. The van der Waals surface area contributed by atoms with Crippen LogP contribution in [0.2, 0.25) is 0 Å². The van der Waals surface area contributed by atoms with Crippen LogP contribution < -0.4 is 10.2 Å². The van der Waals surface area contributed by atoms with Crippen molar-refractivity contribution in [3.05, 3.63) is 52.7 Å². The van der Waals surface area contributed by atoms with Gasteiger partial charge >= 0.3 is 0 Å². The largest absolute Gasteiger partial charge is 0.373 e. The number of rotatable bonds is 7. The number of nitrogens with zero attached hydrogens (tertiary/aromatic N) is 1. The first kappa shape index (κ1) is 13.1. The topological polar surface area (TPSA) is 15.3 Å². The van der Waals surface area contributed by atoms with E-state index in [1.54, 1.807) is 0 Å². The fraction of sp³-hybridized carbons (Fsp3) is 0.333. The highest BCUT2D eigenvalue weighted by molar-refractivity contribution is 7.09. The lowest BCUT2D eigenvalue weighted by Crippen LogP contribution is -2.30. The van der Waals surface area contributed by atoms with Crippen molar-refractivity contribution in [2.75, 3.05) is 31.6 Å². The SMILES string of the molecule is CN(CCNCCc1cccs1)c1ccccc1. The molecule has 0 unspecified atom stereocenters. The molecule has 2 nitrogen and oxygen atoms in total. The summed E-state index contributed by atoms with van der Waals surface area (Å²) in [5, 5.41) is 5.63. The molecule has 1 aromatic carbocycles. The number of hydrogen-bond acceptors (Lipinski definition) is 3. The molecule has 0 atom stereocenters. The Labute approximate surface area is 113 Å². The van der Waals surface area contributed by atoms with Gasteiger partial charge in [-0.3, -0.25) is 0 Å². The average Bonchev–Trinajstić information content (AvgIpc) is 2.92. The molecule has 0 saturated carbocycles. The normalized spacial score (nSPS) is 10.5. The number of thiophene rings is 1. The summed E-state index contributed by atoms with van der Waals surface area (Å²) in [6.07, 6.45) is 1.13. The Bertz CT molecular complexity index is 425. The van der Waals surface area contributed by atoms with Crippen molar-refractivity contribution in [1.29, 1.82) is 0 Å². The monoisotopic (exact) mass is 260 g/mol. The number of likely N-dealkylation sites (N-methyl/N-ethyl adjacent to an activating group) is 1. The van der Waals surface area contributed by atoms with Crippen LogP contribution in [0.3, 0.4) is 0 Å². The van der Waals surface area contributed by atoms with E-state index in [9.17, 15) is 0 Å². The van der Waals surface area contributed by atoms with Gasteiger partial charge < -0.3 is 10.2 Å². The quantitative estimate of drug-likeness (QED) is 0.770. The maximum absolute atomic E-state index is 3.49. The Balaban J connectivity index is 1.61. The number of para-hydroxylation sites is 1. The molecule has 0 fully saturated rings. The maximum atomic E-state index is 3.49. The Morgan fingerprint density at radius 2 is 1.89 bits per heavy atom. The van der Waals surface area contributed by atoms with E-state index in [0.717, 1.165) is 26.1 Å². The van der Waals surface area contributed by atoms with Crippen LogP contribution in [-0.4, -0.2) is 26.7 Å². The van der Waals surface area contributed by atoms with Crippen LogP contribution in [0.25, 0.3) is 0 Å². The molecule has 1 heterocycles. The van der Waals surface area contributed by atoms with Crippen molar-refractivity contribution in [2.24, 2.45) is 0 Å². The zero-order chi connectivity index (χ0) is 12.6. The Morgan fingerprint density at radius 1 is 1.06 bits per heavy atom. The van der Waals surface area contributed by atoms with Gasteiger partial charge in [0.15, 0.2) is 0 Å². The third-order valence-corrected chi connectivity index (χ3v) is 3.89. The van der Waals surface area contributed by atoms with Crippen LogP contribution in [0, 0.1) is 0 Å². The molecule has 0 aliphatic heterocycles. The second-order valence-corrected chi connectivity index (χ2v) is 5.37. The summed E-state index contributed by atoms with van der Waals surface area (Å²) in [7, 11) is 2.14. The highest BCUT2D eigenvalue weighted by atomic mass is 32.1. The molecule has 0 bridgehead atoms. The van der Waals surface area contributed by atoms with E-state index >= 15 is 0 Å². The fourth-order valence-corrected chi connectivity index (χ4v) is 2.56. The highest BCUT2D eigenvalue weighted by Gasteiger charge is 1.99. The summed E-state index contributed by atoms with van der Waals surface area (Å²) < 4.78 is 0. The van der Waals surface area contributed by atoms with Gasteiger partial charge in [0.1, 0.15) is 0 Å². The Hall–Kier alpha value is -1.32. The molecule has 1 aromatic heterocycles. The van der Waals surface area contributed by atoms with Gasteiger partial charge in [-0.25, -0.2) is 0 Å². The second kappa shape index (κ2) is 7.19. The lowest BCUT2D eigenvalue weighted by atomic mass is 10.3. The van der Waals surface area contributed by atoms with Crippen LogP contribution in [0.1, 0.15) is 4.88 Å². The van der Waals surface area contributed by atoms with E-state index in [0.29, 0.717) is 0 Å². The van der Waals surface area contributed by atoms with Crippen molar-refractivity contribution in [3.63, 3.8) is 0 Å². The fourth-order valence-electron chi connectivity index (χ4n) is 1.85. The minimum atomic E-state index is 1.02. The molecule has 3 heteroatoms. The van der Waals surface area contributed by atoms with Crippen LogP contribution >= 0.6 is 11.3 Å². The van der Waals surface area contributed by atoms with Gasteiger partial charge in [-0.05, 0) is 30.0 Å².